The van der Waals surface area contributed by atoms with Gasteiger partial charge in [-0.1, -0.05) is 0 Å². The summed E-state index contributed by atoms with van der Waals surface area (Å²) in [5.41, 5.74) is 0.430. The van der Waals surface area contributed by atoms with Gasteiger partial charge in [0.2, 0.25) is 0 Å². The van der Waals surface area contributed by atoms with Crippen LogP contribution in [-0.2, 0) is 0 Å². The van der Waals surface area contributed by atoms with Crippen LogP contribution in [0.1, 0.15) is 24.3 Å². The summed E-state index contributed by atoms with van der Waals surface area (Å²) in [7, 11) is 0. The Morgan fingerprint density at radius 2 is 2.00 bits per heavy atom. The van der Waals surface area contributed by atoms with E-state index in [0.29, 0.717) is 18.8 Å². The second-order valence-corrected chi connectivity index (χ2v) is 4.23. The van der Waals surface area contributed by atoms with Crippen molar-refractivity contribution in [3.63, 3.8) is 0 Å². The number of carbonyl (C=O) groups excluding carboxylic acids is 1. The van der Waals surface area contributed by atoms with Gasteiger partial charge in [-0.25, -0.2) is 0 Å². The zero-order valence-corrected chi connectivity index (χ0v) is 11.2. The molecule has 3 radical (unpaired) electrons. The average molecular weight is 297 g/mol. The molecule has 0 saturated heterocycles. The van der Waals surface area contributed by atoms with Crippen LogP contribution >= 0.6 is 0 Å². The van der Waals surface area contributed by atoms with Crippen LogP contribution in [0.25, 0.3) is 0 Å². The van der Waals surface area contributed by atoms with Crippen LogP contribution in [0, 0.1) is 0 Å². The van der Waals surface area contributed by atoms with E-state index in [1.165, 1.54) is 22.5 Å². The molecule has 1 aromatic rings. The molecule has 0 aliphatic carbocycles. The third-order valence-corrected chi connectivity index (χ3v) is 2.66. The maximum atomic E-state index is 11.7. The van der Waals surface area contributed by atoms with Crippen LogP contribution in [-0.4, -0.2) is 56.4 Å². The summed E-state index contributed by atoms with van der Waals surface area (Å²) < 4.78 is 0.910. The van der Waals surface area contributed by atoms with E-state index in [1.54, 1.807) is 17.3 Å². The third kappa shape index (κ3) is 2.67. The topological polar surface area (TPSA) is 46.1 Å². The molecule has 0 saturated carbocycles. The fraction of sp³-hybridized carbons (Fsp3) is 0.444. The zero-order valence-electron chi connectivity index (χ0n) is 8.32. The van der Waals surface area contributed by atoms with Gasteiger partial charge in [-0.2, -0.15) is 0 Å². The number of rotatable bonds is 3. The summed E-state index contributed by atoms with van der Waals surface area (Å²) in [6.45, 7) is 5.31. The summed E-state index contributed by atoms with van der Waals surface area (Å²) >= 11 is 1.21. The first-order chi connectivity index (χ1) is 6.69. The van der Waals surface area contributed by atoms with Gasteiger partial charge in [0, 0.05) is 0 Å². The molecular weight excluding hydrogens is 285 g/mol. The van der Waals surface area contributed by atoms with Crippen molar-refractivity contribution in [2.45, 2.75) is 13.8 Å². The van der Waals surface area contributed by atoms with Crippen LogP contribution in [0.5, 0.6) is 0 Å². The van der Waals surface area contributed by atoms with Crippen molar-refractivity contribution in [2.24, 2.45) is 0 Å². The Morgan fingerprint density at radius 1 is 1.36 bits per heavy atom. The van der Waals surface area contributed by atoms with E-state index < -0.39 is 0 Å². The second kappa shape index (κ2) is 5.28. The summed E-state index contributed by atoms with van der Waals surface area (Å²) in [4.78, 5) is 21.6. The van der Waals surface area contributed by atoms with Gasteiger partial charge in [0.1, 0.15) is 0 Å². The SMILES string of the molecule is CCN(CC)C(=O)c1cn[c]([Sn])cn1. The molecule has 4 nitrogen and oxygen atoms in total. The normalized spacial score (nSPS) is 9.93. The minimum absolute atomic E-state index is 0.0432. The van der Waals surface area contributed by atoms with Gasteiger partial charge in [0.25, 0.3) is 0 Å². The van der Waals surface area contributed by atoms with E-state index in [9.17, 15) is 4.79 Å². The number of hydrogen-bond donors (Lipinski definition) is 0. The molecule has 5 heteroatoms. The van der Waals surface area contributed by atoms with E-state index in [-0.39, 0.29) is 5.91 Å². The number of aromatic nitrogens is 2. The predicted molar refractivity (Wildman–Crippen MR) is 54.7 cm³/mol. The fourth-order valence-corrected chi connectivity index (χ4v) is 1.48. The Balaban J connectivity index is 2.83. The quantitative estimate of drug-likeness (QED) is 0.723. The zero-order chi connectivity index (χ0) is 10.6. The molecule has 73 valence electrons. The van der Waals surface area contributed by atoms with Crippen LogP contribution in [0.4, 0.5) is 0 Å². The molecule has 0 aromatic carbocycles. The molecule has 0 bridgehead atoms. The van der Waals surface area contributed by atoms with Gasteiger partial charge in [0.05, 0.1) is 0 Å². The summed E-state index contributed by atoms with van der Waals surface area (Å²) in [5, 5.41) is 0. The predicted octanol–water partition coefficient (Wildman–Crippen LogP) is -0.248. The summed E-state index contributed by atoms with van der Waals surface area (Å²) in [5.74, 6) is -0.0432. The van der Waals surface area contributed by atoms with E-state index in [4.69, 9.17) is 0 Å². The molecule has 1 aromatic heterocycles. The van der Waals surface area contributed by atoms with Crippen LogP contribution in [0.15, 0.2) is 12.4 Å². The Bertz CT molecular complexity index is 308. The molecule has 0 aliphatic heterocycles. The van der Waals surface area contributed by atoms with Gasteiger partial charge < -0.3 is 0 Å². The van der Waals surface area contributed by atoms with Gasteiger partial charge >= 0.3 is 96.8 Å². The maximum absolute atomic E-state index is 11.7. The van der Waals surface area contributed by atoms with Crippen molar-refractivity contribution in [3.8, 4) is 0 Å². The third-order valence-electron chi connectivity index (χ3n) is 1.92. The molecule has 0 atom stereocenters. The molecule has 0 spiro atoms. The second-order valence-electron chi connectivity index (χ2n) is 2.76. The van der Waals surface area contributed by atoms with E-state index in [1.807, 2.05) is 13.8 Å². The Hall–Kier alpha value is -0.651. The molecule has 1 amide bonds. The number of amides is 1. The standard InChI is InChI=1S/C9H12N3O.Sn/c1-3-12(4-2)9(13)8-7-10-5-6-11-8;/h6-7H,3-4H2,1-2H3;. The van der Waals surface area contributed by atoms with Crippen molar-refractivity contribution < 1.29 is 4.79 Å². The van der Waals surface area contributed by atoms with Gasteiger partial charge in [0.15, 0.2) is 0 Å². The van der Waals surface area contributed by atoms with Crippen LogP contribution < -0.4 is 3.71 Å². The number of nitrogens with zero attached hydrogens (tertiary/aromatic N) is 3. The van der Waals surface area contributed by atoms with Gasteiger partial charge in [-0.05, 0) is 0 Å². The van der Waals surface area contributed by atoms with E-state index in [2.05, 4.69) is 9.97 Å². The Morgan fingerprint density at radius 3 is 2.43 bits per heavy atom. The molecule has 0 N–H and O–H groups in total. The first-order valence-electron chi connectivity index (χ1n) is 4.52. The van der Waals surface area contributed by atoms with Gasteiger partial charge in [-0.3, -0.25) is 0 Å². The minimum atomic E-state index is -0.0432. The molecule has 1 rings (SSSR count). The molecule has 0 fully saturated rings. The average Bonchev–Trinajstić information content (AvgIpc) is 2.20. The van der Waals surface area contributed by atoms with Crippen molar-refractivity contribution in [1.82, 2.24) is 14.9 Å². The number of carbonyl (C=O) groups is 1. The first-order valence-corrected chi connectivity index (χ1v) is 5.94. The molecule has 0 unspecified atom stereocenters. The number of hydrogen-bond acceptors (Lipinski definition) is 3. The van der Waals surface area contributed by atoms with E-state index in [0.717, 1.165) is 3.71 Å². The Labute approximate surface area is 96.8 Å². The van der Waals surface area contributed by atoms with E-state index >= 15 is 0 Å². The summed E-state index contributed by atoms with van der Waals surface area (Å²) in [6.07, 6.45) is 3.19. The molecule has 14 heavy (non-hydrogen) atoms. The molecular formula is C9H12N3OSn. The van der Waals surface area contributed by atoms with Crippen molar-refractivity contribution in [3.05, 3.63) is 18.1 Å². The van der Waals surface area contributed by atoms with Crippen molar-refractivity contribution in [1.29, 1.82) is 0 Å². The first kappa shape index (κ1) is 11.4. The van der Waals surface area contributed by atoms with Crippen LogP contribution in [0.3, 0.4) is 0 Å². The summed E-state index contributed by atoms with van der Waals surface area (Å²) in [6, 6.07) is 0. The molecule has 1 heterocycles. The van der Waals surface area contributed by atoms with Gasteiger partial charge in [-0.15, -0.1) is 0 Å². The van der Waals surface area contributed by atoms with Crippen molar-refractivity contribution >= 4 is 32.1 Å². The monoisotopic (exact) mass is 298 g/mol. The van der Waals surface area contributed by atoms with Crippen molar-refractivity contribution in [2.75, 3.05) is 13.1 Å². The van der Waals surface area contributed by atoms with Crippen LogP contribution in [0.2, 0.25) is 0 Å². The fourth-order valence-electron chi connectivity index (χ4n) is 1.11. The molecule has 0 aliphatic rings. The Kier molecular flexibility index (Phi) is 4.31.